The van der Waals surface area contributed by atoms with Crippen molar-refractivity contribution in [1.29, 1.82) is 0 Å². The molecule has 1 atom stereocenters. The summed E-state index contributed by atoms with van der Waals surface area (Å²) in [6.45, 7) is 3.50. The molecule has 0 fully saturated rings. The normalized spacial score (nSPS) is 16.0. The van der Waals surface area contributed by atoms with Crippen LogP contribution in [-0.2, 0) is 4.65 Å². The second kappa shape index (κ2) is 8.19. The first kappa shape index (κ1) is 18.9. The predicted octanol–water partition coefficient (Wildman–Crippen LogP) is 3.77. The molecule has 0 saturated carbocycles. The van der Waals surface area contributed by atoms with Gasteiger partial charge in [0.05, 0.1) is 12.2 Å². The molecule has 0 amide bonds. The Morgan fingerprint density at radius 2 is 2.19 bits per heavy atom. The van der Waals surface area contributed by atoms with Crippen LogP contribution in [-0.4, -0.2) is 44.8 Å². The molecular weight excluding hydrogens is 352 g/mol. The van der Waals surface area contributed by atoms with E-state index in [1.165, 1.54) is 0 Å². The molecule has 0 spiro atoms. The second-order valence-electron chi connectivity index (χ2n) is 6.57. The fraction of sp³-hybridized carbons (Fsp3) is 0.421. The summed E-state index contributed by atoms with van der Waals surface area (Å²) in [5, 5.41) is 11.2. The number of fused-ring (bicyclic) bond motifs is 3. The third kappa shape index (κ3) is 3.48. The van der Waals surface area contributed by atoms with Gasteiger partial charge < -0.3 is 19.3 Å². The standard InChI is InChI=1S/C19H23BClNO4/c1-3-4-7-26-17-9-16-18(13(10-21)11-22(16)20-25-2)15-8-12(19(23)24)5-6-14(15)17/h5-6,8-9,13,20H,3-4,7,10-11H2,1-2H3,(H,23,24). The molecule has 1 heterocycles. The molecule has 0 aromatic heterocycles. The third-order valence-corrected chi connectivity index (χ3v) is 5.15. The van der Waals surface area contributed by atoms with Crippen LogP contribution in [0.3, 0.4) is 0 Å². The van der Waals surface area contributed by atoms with Crippen LogP contribution >= 0.6 is 11.6 Å². The van der Waals surface area contributed by atoms with Crippen LogP contribution in [0.25, 0.3) is 10.8 Å². The van der Waals surface area contributed by atoms with E-state index in [2.05, 4.69) is 11.7 Å². The Morgan fingerprint density at radius 1 is 1.38 bits per heavy atom. The fourth-order valence-corrected chi connectivity index (χ4v) is 3.78. The molecule has 1 aliphatic rings. The smallest absolute Gasteiger partial charge is 0.396 e. The second-order valence-corrected chi connectivity index (χ2v) is 6.88. The molecule has 2 aromatic rings. The summed E-state index contributed by atoms with van der Waals surface area (Å²) in [5.41, 5.74) is 2.36. The number of nitrogens with zero attached hydrogens (tertiary/aromatic N) is 1. The lowest BCUT2D eigenvalue weighted by Gasteiger charge is -2.19. The quantitative estimate of drug-likeness (QED) is 0.432. The molecule has 0 bridgehead atoms. The first-order valence-corrected chi connectivity index (χ1v) is 9.40. The number of ether oxygens (including phenoxy) is 1. The highest BCUT2D eigenvalue weighted by molar-refractivity contribution is 6.35. The van der Waals surface area contributed by atoms with Gasteiger partial charge >= 0.3 is 13.6 Å². The Morgan fingerprint density at radius 3 is 2.85 bits per heavy atom. The summed E-state index contributed by atoms with van der Waals surface area (Å²) in [7, 11) is 2.12. The number of benzene rings is 2. The average Bonchev–Trinajstić information content (AvgIpc) is 2.99. The lowest BCUT2D eigenvalue weighted by Crippen LogP contribution is -2.28. The SMILES string of the molecule is CCCCOc1cc2c(c3cc(C(=O)O)ccc13)C(CCl)CN2BOC. The lowest BCUT2D eigenvalue weighted by molar-refractivity contribution is 0.0697. The molecule has 0 radical (unpaired) electrons. The highest BCUT2D eigenvalue weighted by Crippen LogP contribution is 2.45. The highest BCUT2D eigenvalue weighted by Gasteiger charge is 2.32. The molecular formula is C19H23BClNO4. The van der Waals surface area contributed by atoms with Crippen molar-refractivity contribution in [3.8, 4) is 5.75 Å². The van der Waals surface area contributed by atoms with E-state index in [1.807, 2.05) is 12.1 Å². The minimum Gasteiger partial charge on any atom is -0.493 e. The van der Waals surface area contributed by atoms with Crippen LogP contribution in [0, 0.1) is 0 Å². The molecule has 138 valence electrons. The number of aromatic carboxylic acids is 1. The zero-order valence-electron chi connectivity index (χ0n) is 15.1. The number of halogens is 1. The number of alkyl halides is 1. The molecule has 26 heavy (non-hydrogen) atoms. The zero-order valence-corrected chi connectivity index (χ0v) is 15.9. The zero-order chi connectivity index (χ0) is 18.7. The molecule has 2 aromatic carbocycles. The van der Waals surface area contributed by atoms with E-state index in [0.717, 1.165) is 47.2 Å². The Kier molecular flexibility index (Phi) is 5.94. The first-order chi connectivity index (χ1) is 12.6. The van der Waals surface area contributed by atoms with Crippen molar-refractivity contribution < 1.29 is 19.3 Å². The highest BCUT2D eigenvalue weighted by atomic mass is 35.5. The van der Waals surface area contributed by atoms with Gasteiger partial charge in [0.1, 0.15) is 5.75 Å². The summed E-state index contributed by atoms with van der Waals surface area (Å²) in [6, 6.07) is 7.24. The van der Waals surface area contributed by atoms with Gasteiger partial charge in [-0.15, -0.1) is 11.6 Å². The molecule has 0 saturated heterocycles. The van der Waals surface area contributed by atoms with Gasteiger partial charge in [-0.3, -0.25) is 0 Å². The van der Waals surface area contributed by atoms with E-state index in [9.17, 15) is 9.90 Å². The minimum absolute atomic E-state index is 0.123. The number of hydrogen-bond acceptors (Lipinski definition) is 4. The molecule has 1 N–H and O–H groups in total. The summed E-state index contributed by atoms with van der Waals surface area (Å²) < 4.78 is 11.4. The van der Waals surface area contributed by atoms with Crippen LogP contribution in [0.15, 0.2) is 24.3 Å². The molecule has 3 rings (SSSR count). The number of hydrogen-bond donors (Lipinski definition) is 1. The van der Waals surface area contributed by atoms with E-state index in [1.54, 1.807) is 19.2 Å². The number of carboxylic acids is 1. The van der Waals surface area contributed by atoms with Crippen LogP contribution < -0.4 is 9.55 Å². The van der Waals surface area contributed by atoms with Crippen molar-refractivity contribution in [2.45, 2.75) is 25.7 Å². The van der Waals surface area contributed by atoms with E-state index >= 15 is 0 Å². The van der Waals surface area contributed by atoms with E-state index in [-0.39, 0.29) is 11.5 Å². The van der Waals surface area contributed by atoms with Crippen molar-refractivity contribution >= 4 is 41.6 Å². The van der Waals surface area contributed by atoms with Crippen LogP contribution in [0.1, 0.15) is 41.6 Å². The van der Waals surface area contributed by atoms with Gasteiger partial charge in [0.25, 0.3) is 0 Å². The van der Waals surface area contributed by atoms with Crippen LogP contribution in [0.2, 0.25) is 0 Å². The van der Waals surface area contributed by atoms with Gasteiger partial charge in [-0.1, -0.05) is 13.3 Å². The lowest BCUT2D eigenvalue weighted by atomic mass is 9.94. The van der Waals surface area contributed by atoms with Gasteiger partial charge in [-0.25, -0.2) is 4.79 Å². The van der Waals surface area contributed by atoms with Gasteiger partial charge in [-0.2, -0.15) is 0 Å². The Balaban J connectivity index is 2.19. The Bertz CT molecular complexity index is 814. The van der Waals surface area contributed by atoms with Gasteiger partial charge in [-0.05, 0) is 35.6 Å². The summed E-state index contributed by atoms with van der Waals surface area (Å²) in [4.78, 5) is 13.6. The topological polar surface area (TPSA) is 59.0 Å². The summed E-state index contributed by atoms with van der Waals surface area (Å²) >= 11 is 6.23. The number of carboxylic acid groups (broad SMARTS) is 1. The Labute approximate surface area is 159 Å². The van der Waals surface area contributed by atoms with Crippen molar-refractivity contribution in [3.05, 3.63) is 35.4 Å². The number of rotatable bonds is 8. The van der Waals surface area contributed by atoms with Crippen molar-refractivity contribution in [2.75, 3.05) is 31.0 Å². The predicted molar refractivity (Wildman–Crippen MR) is 106 cm³/mol. The van der Waals surface area contributed by atoms with Gasteiger partial charge in [0.15, 0.2) is 0 Å². The summed E-state index contributed by atoms with van der Waals surface area (Å²) in [6.07, 6.45) is 2.02. The van der Waals surface area contributed by atoms with E-state index in [4.69, 9.17) is 21.0 Å². The average molecular weight is 376 g/mol. The van der Waals surface area contributed by atoms with E-state index < -0.39 is 5.97 Å². The maximum atomic E-state index is 11.5. The van der Waals surface area contributed by atoms with Gasteiger partial charge in [0, 0.05) is 42.6 Å². The molecule has 7 heteroatoms. The monoisotopic (exact) mass is 375 g/mol. The van der Waals surface area contributed by atoms with E-state index in [0.29, 0.717) is 20.1 Å². The molecule has 1 unspecified atom stereocenters. The minimum atomic E-state index is -0.938. The maximum absolute atomic E-state index is 11.5. The molecule has 5 nitrogen and oxygen atoms in total. The van der Waals surface area contributed by atoms with Crippen LogP contribution in [0.5, 0.6) is 5.75 Å². The number of anilines is 1. The molecule has 1 aliphatic heterocycles. The number of carbonyl (C=O) groups is 1. The van der Waals surface area contributed by atoms with Crippen molar-refractivity contribution in [3.63, 3.8) is 0 Å². The third-order valence-electron chi connectivity index (χ3n) is 4.78. The van der Waals surface area contributed by atoms with Gasteiger partial charge in [0.2, 0.25) is 0 Å². The first-order valence-electron chi connectivity index (χ1n) is 8.87. The van der Waals surface area contributed by atoms with Crippen LogP contribution in [0.4, 0.5) is 5.69 Å². The number of unbranched alkanes of at least 4 members (excludes halogenated alkanes) is 1. The maximum Gasteiger partial charge on any atom is 0.396 e. The summed E-state index contributed by atoms with van der Waals surface area (Å²) in [5.74, 6) is 0.431. The fourth-order valence-electron chi connectivity index (χ4n) is 3.53. The molecule has 0 aliphatic carbocycles. The Hall–Kier alpha value is -1.92. The largest absolute Gasteiger partial charge is 0.493 e. The van der Waals surface area contributed by atoms with Crippen molar-refractivity contribution in [1.82, 2.24) is 0 Å². The van der Waals surface area contributed by atoms with Crippen molar-refractivity contribution in [2.24, 2.45) is 0 Å².